The lowest BCUT2D eigenvalue weighted by Crippen LogP contribution is -2.31. The van der Waals surface area contributed by atoms with Crippen LogP contribution >= 0.6 is 27.5 Å². The number of fused-ring (bicyclic) bond motifs is 1. The minimum absolute atomic E-state index is 0.0831. The lowest BCUT2D eigenvalue weighted by Gasteiger charge is -2.19. The quantitative estimate of drug-likeness (QED) is 0.791. The Bertz CT molecular complexity index is 719. The van der Waals surface area contributed by atoms with Crippen LogP contribution in [0.3, 0.4) is 0 Å². The van der Waals surface area contributed by atoms with E-state index in [1.807, 2.05) is 12.1 Å². The van der Waals surface area contributed by atoms with E-state index in [1.165, 1.54) is 12.1 Å². The lowest BCUT2D eigenvalue weighted by atomic mass is 9.95. The second-order valence-electron chi connectivity index (χ2n) is 4.95. The topological polar surface area (TPSA) is 29.1 Å². The Morgan fingerprint density at radius 2 is 2.05 bits per heavy atom. The van der Waals surface area contributed by atoms with Crippen LogP contribution in [0.25, 0.3) is 0 Å². The first-order chi connectivity index (χ1) is 10.1. The van der Waals surface area contributed by atoms with Gasteiger partial charge in [-0.1, -0.05) is 28.1 Å². The van der Waals surface area contributed by atoms with Gasteiger partial charge < -0.3 is 5.32 Å². The van der Waals surface area contributed by atoms with Crippen molar-refractivity contribution in [2.24, 2.45) is 0 Å². The second kappa shape index (κ2) is 5.78. The van der Waals surface area contributed by atoms with Crippen LogP contribution in [0.15, 0.2) is 40.9 Å². The summed E-state index contributed by atoms with van der Waals surface area (Å²) in [5.74, 6) is -0.421. The van der Waals surface area contributed by atoms with Crippen LogP contribution in [0.5, 0.6) is 0 Å². The zero-order chi connectivity index (χ0) is 15.0. The fraction of sp³-hybridized carbons (Fsp3) is 0.188. The Labute approximate surface area is 135 Å². The maximum Gasteiger partial charge on any atom is 0.251 e. The van der Waals surface area contributed by atoms with Gasteiger partial charge in [0.15, 0.2) is 0 Å². The summed E-state index contributed by atoms with van der Waals surface area (Å²) in [6.07, 6.45) is 0.817. The molecule has 108 valence electrons. The summed E-state index contributed by atoms with van der Waals surface area (Å²) in [5.41, 5.74) is 3.09. The first-order valence-corrected chi connectivity index (χ1v) is 7.79. The molecule has 0 spiro atoms. The fourth-order valence-electron chi connectivity index (χ4n) is 2.48. The number of hydrogen-bond acceptors (Lipinski definition) is 1. The van der Waals surface area contributed by atoms with Gasteiger partial charge in [-0.15, -0.1) is 11.6 Å². The summed E-state index contributed by atoms with van der Waals surface area (Å²) in [6.45, 7) is 0.658. The number of carbonyl (C=O) groups is 1. The van der Waals surface area contributed by atoms with E-state index in [0.717, 1.165) is 22.0 Å². The number of alkyl halides is 1. The minimum atomic E-state index is -0.518. The van der Waals surface area contributed by atoms with Crippen molar-refractivity contribution in [1.82, 2.24) is 5.32 Å². The molecule has 1 heterocycles. The Morgan fingerprint density at radius 3 is 2.86 bits per heavy atom. The van der Waals surface area contributed by atoms with Gasteiger partial charge in [0.2, 0.25) is 0 Å². The molecule has 1 aliphatic heterocycles. The van der Waals surface area contributed by atoms with E-state index in [4.69, 9.17) is 11.6 Å². The summed E-state index contributed by atoms with van der Waals surface area (Å²) in [4.78, 5) is 11.9. The maximum atomic E-state index is 13.4. The highest BCUT2D eigenvalue weighted by Crippen LogP contribution is 2.35. The molecule has 3 rings (SSSR count). The Balaban J connectivity index is 2.02. The highest BCUT2D eigenvalue weighted by atomic mass is 79.9. The van der Waals surface area contributed by atoms with Crippen LogP contribution in [0, 0.1) is 5.82 Å². The van der Waals surface area contributed by atoms with Crippen LogP contribution in [-0.2, 0) is 6.42 Å². The normalized spacial score (nSPS) is 15.3. The van der Waals surface area contributed by atoms with E-state index in [9.17, 15) is 9.18 Å². The lowest BCUT2D eigenvalue weighted by molar-refractivity contribution is 0.0946. The van der Waals surface area contributed by atoms with E-state index < -0.39 is 5.38 Å². The third-order valence-electron chi connectivity index (χ3n) is 3.58. The van der Waals surface area contributed by atoms with Gasteiger partial charge in [-0.05, 0) is 47.4 Å². The van der Waals surface area contributed by atoms with E-state index >= 15 is 0 Å². The first-order valence-electron chi connectivity index (χ1n) is 6.56. The number of amides is 1. The van der Waals surface area contributed by atoms with E-state index in [0.29, 0.717) is 17.7 Å². The molecule has 5 heteroatoms. The van der Waals surface area contributed by atoms with Crippen molar-refractivity contribution in [2.45, 2.75) is 11.8 Å². The SMILES string of the molecule is O=C1NCCc2ccc(C(Cl)c3cc(F)ccc3Br)cc21. The molecule has 1 amide bonds. The van der Waals surface area contributed by atoms with Crippen LogP contribution < -0.4 is 5.32 Å². The van der Waals surface area contributed by atoms with Crippen molar-refractivity contribution in [3.8, 4) is 0 Å². The van der Waals surface area contributed by atoms with Crippen molar-refractivity contribution in [3.05, 3.63) is 68.9 Å². The number of benzene rings is 2. The van der Waals surface area contributed by atoms with Gasteiger partial charge in [0, 0.05) is 16.6 Å². The molecular weight excluding hydrogens is 357 g/mol. The molecule has 0 saturated carbocycles. The van der Waals surface area contributed by atoms with Gasteiger partial charge in [0.25, 0.3) is 5.91 Å². The van der Waals surface area contributed by atoms with Crippen molar-refractivity contribution in [1.29, 1.82) is 0 Å². The molecular formula is C16H12BrClFNO. The highest BCUT2D eigenvalue weighted by molar-refractivity contribution is 9.10. The van der Waals surface area contributed by atoms with Crippen LogP contribution in [0.4, 0.5) is 4.39 Å². The molecule has 1 N–H and O–H groups in total. The predicted molar refractivity (Wildman–Crippen MR) is 84.3 cm³/mol. The van der Waals surface area contributed by atoms with Gasteiger partial charge in [-0.3, -0.25) is 4.79 Å². The molecule has 0 fully saturated rings. The van der Waals surface area contributed by atoms with Crippen molar-refractivity contribution < 1.29 is 9.18 Å². The Hall–Kier alpha value is -1.39. The molecule has 0 saturated heterocycles. The average molecular weight is 369 g/mol. The number of nitrogens with one attached hydrogen (secondary N) is 1. The molecule has 1 unspecified atom stereocenters. The zero-order valence-electron chi connectivity index (χ0n) is 11.0. The van der Waals surface area contributed by atoms with Gasteiger partial charge in [-0.2, -0.15) is 0 Å². The summed E-state index contributed by atoms with van der Waals surface area (Å²) in [6, 6.07) is 10.0. The Morgan fingerprint density at radius 1 is 1.24 bits per heavy atom. The number of rotatable bonds is 2. The summed E-state index contributed by atoms with van der Waals surface area (Å²) >= 11 is 9.86. The van der Waals surface area contributed by atoms with E-state index in [2.05, 4.69) is 21.2 Å². The van der Waals surface area contributed by atoms with Crippen molar-refractivity contribution >= 4 is 33.4 Å². The standard InChI is InChI=1S/C16H12BrClFNO/c17-14-4-3-11(19)8-13(14)15(18)10-2-1-9-5-6-20-16(21)12(9)7-10/h1-4,7-8,15H,5-6H2,(H,20,21). The van der Waals surface area contributed by atoms with Gasteiger partial charge in [0.1, 0.15) is 5.82 Å². The fourth-order valence-corrected chi connectivity index (χ4v) is 3.40. The summed E-state index contributed by atoms with van der Waals surface area (Å²) in [7, 11) is 0. The van der Waals surface area contributed by atoms with Crippen LogP contribution in [0.2, 0.25) is 0 Å². The summed E-state index contributed by atoms with van der Waals surface area (Å²) < 4.78 is 14.2. The molecule has 0 aliphatic carbocycles. The first kappa shape index (κ1) is 14.5. The number of carbonyl (C=O) groups excluding carboxylic acids is 1. The third-order valence-corrected chi connectivity index (χ3v) is 4.79. The molecule has 21 heavy (non-hydrogen) atoms. The molecule has 0 aromatic heterocycles. The average Bonchev–Trinajstić information content (AvgIpc) is 2.49. The minimum Gasteiger partial charge on any atom is -0.352 e. The largest absolute Gasteiger partial charge is 0.352 e. The molecule has 1 aliphatic rings. The molecule has 1 atom stereocenters. The highest BCUT2D eigenvalue weighted by Gasteiger charge is 2.20. The monoisotopic (exact) mass is 367 g/mol. The van der Waals surface area contributed by atoms with Crippen LogP contribution in [0.1, 0.15) is 32.4 Å². The van der Waals surface area contributed by atoms with Crippen molar-refractivity contribution in [3.63, 3.8) is 0 Å². The van der Waals surface area contributed by atoms with Crippen molar-refractivity contribution in [2.75, 3.05) is 6.54 Å². The zero-order valence-corrected chi connectivity index (χ0v) is 13.3. The molecule has 2 aromatic carbocycles. The van der Waals surface area contributed by atoms with Gasteiger partial charge >= 0.3 is 0 Å². The third kappa shape index (κ3) is 2.83. The van der Waals surface area contributed by atoms with Gasteiger partial charge in [0.05, 0.1) is 5.38 Å². The second-order valence-corrected chi connectivity index (χ2v) is 6.24. The number of hydrogen-bond donors (Lipinski definition) is 1. The Kier molecular flexibility index (Phi) is 4.00. The molecule has 2 nitrogen and oxygen atoms in total. The maximum absolute atomic E-state index is 13.4. The predicted octanol–water partition coefficient (Wildman–Crippen LogP) is 4.20. The smallest absolute Gasteiger partial charge is 0.251 e. The molecule has 0 radical (unpaired) electrons. The van der Waals surface area contributed by atoms with E-state index in [1.54, 1.807) is 12.1 Å². The van der Waals surface area contributed by atoms with Crippen LogP contribution in [-0.4, -0.2) is 12.5 Å². The molecule has 2 aromatic rings. The van der Waals surface area contributed by atoms with E-state index in [-0.39, 0.29) is 11.7 Å². The molecule has 0 bridgehead atoms. The number of halogens is 3. The summed E-state index contributed by atoms with van der Waals surface area (Å²) in [5, 5.41) is 2.29. The van der Waals surface area contributed by atoms with Gasteiger partial charge in [-0.25, -0.2) is 4.39 Å².